The molecule has 0 radical (unpaired) electrons. The molecule has 3 rings (SSSR count). The molecule has 0 aliphatic carbocycles. The predicted octanol–water partition coefficient (Wildman–Crippen LogP) is 3.45. The first-order valence-corrected chi connectivity index (χ1v) is 8.16. The Morgan fingerprint density at radius 3 is 2.68 bits per heavy atom. The standard InChI is InChI=1S/C19H22N2O4/c1-11(2)13-5-4-12(3)6-16(13)23-9-19(22)21-15-8-18-17(7-14(15)20)24-10-25-18/h4-8,11H,9-10,20H2,1-3H3,(H,21,22). The summed E-state index contributed by atoms with van der Waals surface area (Å²) in [6.07, 6.45) is 0. The molecule has 1 aliphatic heterocycles. The molecular formula is C19H22N2O4. The highest BCUT2D eigenvalue weighted by molar-refractivity contribution is 5.95. The third-order valence-corrected chi connectivity index (χ3v) is 3.97. The van der Waals surface area contributed by atoms with E-state index < -0.39 is 0 Å². The number of carbonyl (C=O) groups is 1. The summed E-state index contributed by atoms with van der Waals surface area (Å²) in [6, 6.07) is 9.30. The lowest BCUT2D eigenvalue weighted by atomic mass is 10.0. The van der Waals surface area contributed by atoms with Crippen molar-refractivity contribution in [1.82, 2.24) is 0 Å². The third-order valence-electron chi connectivity index (χ3n) is 3.97. The highest BCUT2D eigenvalue weighted by atomic mass is 16.7. The number of amides is 1. The number of rotatable bonds is 5. The van der Waals surface area contributed by atoms with Gasteiger partial charge in [0, 0.05) is 12.1 Å². The van der Waals surface area contributed by atoms with Crippen LogP contribution in [0.4, 0.5) is 11.4 Å². The van der Waals surface area contributed by atoms with Gasteiger partial charge in [-0.05, 0) is 30.0 Å². The van der Waals surface area contributed by atoms with Crippen LogP contribution in [0.15, 0.2) is 30.3 Å². The van der Waals surface area contributed by atoms with E-state index in [1.54, 1.807) is 12.1 Å². The number of hydrogen-bond acceptors (Lipinski definition) is 5. The summed E-state index contributed by atoms with van der Waals surface area (Å²) in [5.41, 5.74) is 8.99. The van der Waals surface area contributed by atoms with Crippen molar-refractivity contribution >= 4 is 17.3 Å². The highest BCUT2D eigenvalue weighted by Crippen LogP contribution is 2.38. The molecule has 6 heteroatoms. The van der Waals surface area contributed by atoms with Crippen LogP contribution in [0, 0.1) is 6.92 Å². The Hall–Kier alpha value is -2.89. The van der Waals surface area contributed by atoms with Gasteiger partial charge in [-0.25, -0.2) is 0 Å². The van der Waals surface area contributed by atoms with Gasteiger partial charge in [-0.1, -0.05) is 26.0 Å². The second-order valence-corrected chi connectivity index (χ2v) is 6.33. The van der Waals surface area contributed by atoms with E-state index >= 15 is 0 Å². The molecule has 2 aromatic rings. The number of nitrogens with two attached hydrogens (primary N) is 1. The maximum atomic E-state index is 12.2. The normalized spacial score (nSPS) is 12.3. The second kappa shape index (κ2) is 6.93. The van der Waals surface area contributed by atoms with Gasteiger partial charge in [-0.2, -0.15) is 0 Å². The van der Waals surface area contributed by atoms with Crippen LogP contribution in [0.2, 0.25) is 0 Å². The van der Waals surface area contributed by atoms with E-state index in [0.29, 0.717) is 28.8 Å². The maximum Gasteiger partial charge on any atom is 0.262 e. The predicted molar refractivity (Wildman–Crippen MR) is 96.4 cm³/mol. The average Bonchev–Trinajstić information content (AvgIpc) is 3.00. The fraction of sp³-hybridized carbons (Fsp3) is 0.316. The minimum atomic E-state index is -0.290. The van der Waals surface area contributed by atoms with E-state index in [9.17, 15) is 4.79 Å². The van der Waals surface area contributed by atoms with Crippen LogP contribution in [-0.2, 0) is 4.79 Å². The van der Waals surface area contributed by atoms with Crippen LogP contribution in [0.25, 0.3) is 0 Å². The number of fused-ring (bicyclic) bond motifs is 1. The number of nitrogens with one attached hydrogen (secondary N) is 1. The van der Waals surface area contributed by atoms with Crippen molar-refractivity contribution in [2.75, 3.05) is 24.5 Å². The molecule has 0 aromatic heterocycles. The van der Waals surface area contributed by atoms with Crippen molar-refractivity contribution in [3.05, 3.63) is 41.5 Å². The van der Waals surface area contributed by atoms with Crippen LogP contribution in [0.1, 0.15) is 30.9 Å². The average molecular weight is 342 g/mol. The Labute approximate surface area is 146 Å². The van der Waals surface area contributed by atoms with Gasteiger partial charge >= 0.3 is 0 Å². The number of aryl methyl sites for hydroxylation is 1. The van der Waals surface area contributed by atoms with Gasteiger partial charge in [0.2, 0.25) is 6.79 Å². The van der Waals surface area contributed by atoms with Gasteiger partial charge in [-0.15, -0.1) is 0 Å². The summed E-state index contributed by atoms with van der Waals surface area (Å²) < 4.78 is 16.3. The minimum Gasteiger partial charge on any atom is -0.483 e. The molecule has 0 atom stereocenters. The minimum absolute atomic E-state index is 0.100. The topological polar surface area (TPSA) is 82.8 Å². The van der Waals surface area contributed by atoms with Crippen molar-refractivity contribution < 1.29 is 19.0 Å². The van der Waals surface area contributed by atoms with Crippen molar-refractivity contribution in [2.24, 2.45) is 0 Å². The van der Waals surface area contributed by atoms with Crippen LogP contribution in [0.5, 0.6) is 17.2 Å². The zero-order valence-corrected chi connectivity index (χ0v) is 14.6. The van der Waals surface area contributed by atoms with E-state index in [-0.39, 0.29) is 19.3 Å². The first-order valence-electron chi connectivity index (χ1n) is 8.16. The van der Waals surface area contributed by atoms with Crippen LogP contribution in [0.3, 0.4) is 0 Å². The number of nitrogen functional groups attached to an aromatic ring is 1. The number of carbonyl (C=O) groups excluding carboxylic acids is 1. The molecule has 1 amide bonds. The lowest BCUT2D eigenvalue weighted by Gasteiger charge is -2.15. The van der Waals surface area contributed by atoms with Crippen LogP contribution < -0.4 is 25.3 Å². The maximum absolute atomic E-state index is 12.2. The summed E-state index contributed by atoms with van der Waals surface area (Å²) in [5.74, 6) is 1.88. The smallest absolute Gasteiger partial charge is 0.262 e. The molecule has 2 aromatic carbocycles. The number of benzene rings is 2. The van der Waals surface area contributed by atoms with Crippen LogP contribution in [-0.4, -0.2) is 19.3 Å². The lowest BCUT2D eigenvalue weighted by molar-refractivity contribution is -0.118. The van der Waals surface area contributed by atoms with E-state index in [4.69, 9.17) is 19.9 Å². The quantitative estimate of drug-likeness (QED) is 0.813. The van der Waals surface area contributed by atoms with Gasteiger partial charge in [0.1, 0.15) is 5.75 Å². The Bertz CT molecular complexity index is 802. The third kappa shape index (κ3) is 3.79. The molecule has 0 unspecified atom stereocenters. The van der Waals surface area contributed by atoms with Gasteiger partial charge in [0.25, 0.3) is 5.91 Å². The molecule has 3 N–H and O–H groups in total. The molecule has 1 aliphatic rings. The largest absolute Gasteiger partial charge is 0.483 e. The summed E-state index contributed by atoms with van der Waals surface area (Å²) in [7, 11) is 0. The molecule has 25 heavy (non-hydrogen) atoms. The summed E-state index contributed by atoms with van der Waals surface area (Å²) in [6.45, 7) is 6.22. The molecule has 1 heterocycles. The van der Waals surface area contributed by atoms with Gasteiger partial charge in [-0.3, -0.25) is 4.79 Å². The summed E-state index contributed by atoms with van der Waals surface area (Å²) >= 11 is 0. The molecule has 0 fully saturated rings. The zero-order valence-electron chi connectivity index (χ0n) is 14.6. The monoisotopic (exact) mass is 342 g/mol. The Balaban J connectivity index is 1.67. The van der Waals surface area contributed by atoms with E-state index in [0.717, 1.165) is 16.9 Å². The number of anilines is 2. The highest BCUT2D eigenvalue weighted by Gasteiger charge is 2.17. The number of hydrogen-bond donors (Lipinski definition) is 2. The van der Waals surface area contributed by atoms with Crippen LogP contribution >= 0.6 is 0 Å². The van der Waals surface area contributed by atoms with Crippen molar-refractivity contribution in [1.29, 1.82) is 0 Å². The van der Waals surface area contributed by atoms with Crippen molar-refractivity contribution in [3.63, 3.8) is 0 Å². The molecule has 132 valence electrons. The molecule has 0 saturated carbocycles. The molecule has 0 bridgehead atoms. The Morgan fingerprint density at radius 2 is 1.96 bits per heavy atom. The van der Waals surface area contributed by atoms with Crippen molar-refractivity contribution in [3.8, 4) is 17.2 Å². The van der Waals surface area contributed by atoms with Crippen molar-refractivity contribution in [2.45, 2.75) is 26.7 Å². The van der Waals surface area contributed by atoms with E-state index in [2.05, 4.69) is 19.2 Å². The first kappa shape index (κ1) is 17.0. The molecular weight excluding hydrogens is 320 g/mol. The molecule has 0 saturated heterocycles. The SMILES string of the molecule is Cc1ccc(C(C)C)c(OCC(=O)Nc2cc3c(cc2N)OCO3)c1. The zero-order chi connectivity index (χ0) is 18.0. The fourth-order valence-corrected chi connectivity index (χ4v) is 2.64. The first-order chi connectivity index (χ1) is 11.9. The van der Waals surface area contributed by atoms with Gasteiger partial charge < -0.3 is 25.3 Å². The van der Waals surface area contributed by atoms with Gasteiger partial charge in [0.05, 0.1) is 11.4 Å². The summed E-state index contributed by atoms with van der Waals surface area (Å²) in [4.78, 5) is 12.2. The Morgan fingerprint density at radius 1 is 1.24 bits per heavy atom. The van der Waals surface area contributed by atoms with E-state index in [1.807, 2.05) is 25.1 Å². The fourth-order valence-electron chi connectivity index (χ4n) is 2.64. The van der Waals surface area contributed by atoms with E-state index in [1.165, 1.54) is 0 Å². The van der Waals surface area contributed by atoms with Gasteiger partial charge in [0.15, 0.2) is 18.1 Å². The molecule has 0 spiro atoms. The molecule has 6 nitrogen and oxygen atoms in total. The lowest BCUT2D eigenvalue weighted by Crippen LogP contribution is -2.21. The second-order valence-electron chi connectivity index (χ2n) is 6.33. The Kier molecular flexibility index (Phi) is 4.70. The summed E-state index contributed by atoms with van der Waals surface area (Å²) in [5, 5.41) is 2.75. The number of ether oxygens (including phenoxy) is 3.